The SMILES string of the molecule is CC(C)SCc1nc(-c2ccc(Br)cc2)cs1. The number of rotatable bonds is 4. The van der Waals surface area contributed by atoms with Crippen molar-refractivity contribution in [2.45, 2.75) is 24.9 Å². The Bertz CT molecular complexity index is 476. The van der Waals surface area contributed by atoms with Crippen molar-refractivity contribution in [3.8, 4) is 11.3 Å². The lowest BCUT2D eigenvalue weighted by Crippen LogP contribution is -1.88. The summed E-state index contributed by atoms with van der Waals surface area (Å²) >= 11 is 7.13. The van der Waals surface area contributed by atoms with Crippen LogP contribution in [0.2, 0.25) is 0 Å². The standard InChI is InChI=1S/C13H14BrNS2/c1-9(2)16-8-13-15-12(7-17-13)10-3-5-11(14)6-4-10/h3-7,9H,8H2,1-2H3. The average Bonchev–Trinajstić information content (AvgIpc) is 2.76. The summed E-state index contributed by atoms with van der Waals surface area (Å²) in [6, 6.07) is 8.30. The van der Waals surface area contributed by atoms with Gasteiger partial charge in [0.2, 0.25) is 0 Å². The Labute approximate surface area is 119 Å². The summed E-state index contributed by atoms with van der Waals surface area (Å²) in [7, 11) is 0. The Hall–Kier alpha value is -0.320. The first-order valence-electron chi connectivity index (χ1n) is 5.47. The number of thiazole rings is 1. The molecule has 0 saturated heterocycles. The molecule has 0 saturated carbocycles. The average molecular weight is 328 g/mol. The molecule has 0 bridgehead atoms. The van der Waals surface area contributed by atoms with Crippen molar-refractivity contribution in [2.24, 2.45) is 0 Å². The minimum Gasteiger partial charge on any atom is -0.240 e. The predicted molar refractivity (Wildman–Crippen MR) is 81.7 cm³/mol. The molecule has 1 aromatic heterocycles. The summed E-state index contributed by atoms with van der Waals surface area (Å²) in [5.74, 6) is 1.01. The quantitative estimate of drug-likeness (QED) is 0.764. The van der Waals surface area contributed by atoms with Crippen molar-refractivity contribution in [1.82, 2.24) is 4.98 Å². The number of halogens is 1. The lowest BCUT2D eigenvalue weighted by Gasteiger charge is -2.00. The summed E-state index contributed by atoms with van der Waals surface area (Å²) in [4.78, 5) is 4.66. The van der Waals surface area contributed by atoms with Gasteiger partial charge in [-0.25, -0.2) is 4.98 Å². The van der Waals surface area contributed by atoms with E-state index in [1.165, 1.54) is 10.6 Å². The summed E-state index contributed by atoms with van der Waals surface area (Å²) in [5.41, 5.74) is 2.27. The second-order valence-corrected chi connectivity index (χ2v) is 7.42. The third-order valence-corrected chi connectivity index (χ3v) is 4.90. The van der Waals surface area contributed by atoms with Gasteiger partial charge in [-0.3, -0.25) is 0 Å². The number of thioether (sulfide) groups is 1. The van der Waals surface area contributed by atoms with Crippen LogP contribution in [0.5, 0.6) is 0 Å². The van der Waals surface area contributed by atoms with Crippen LogP contribution in [0.3, 0.4) is 0 Å². The van der Waals surface area contributed by atoms with Crippen LogP contribution in [0, 0.1) is 0 Å². The van der Waals surface area contributed by atoms with Crippen LogP contribution < -0.4 is 0 Å². The Balaban J connectivity index is 2.10. The van der Waals surface area contributed by atoms with Gasteiger partial charge in [-0.1, -0.05) is 41.9 Å². The van der Waals surface area contributed by atoms with Crippen molar-refractivity contribution >= 4 is 39.0 Å². The van der Waals surface area contributed by atoms with Crippen LogP contribution in [0.15, 0.2) is 34.1 Å². The Morgan fingerprint density at radius 2 is 2.00 bits per heavy atom. The van der Waals surface area contributed by atoms with E-state index in [2.05, 4.69) is 64.4 Å². The number of nitrogens with zero attached hydrogens (tertiary/aromatic N) is 1. The van der Waals surface area contributed by atoms with Crippen LogP contribution in [0.1, 0.15) is 18.9 Å². The van der Waals surface area contributed by atoms with Crippen LogP contribution in [0.4, 0.5) is 0 Å². The zero-order chi connectivity index (χ0) is 12.3. The van der Waals surface area contributed by atoms with Crippen molar-refractivity contribution in [3.63, 3.8) is 0 Å². The fraction of sp³-hybridized carbons (Fsp3) is 0.308. The first kappa shape index (κ1) is 13.1. The molecule has 0 N–H and O–H groups in total. The first-order valence-corrected chi connectivity index (χ1v) is 8.19. The fourth-order valence-corrected chi connectivity index (χ4v) is 3.24. The molecule has 2 rings (SSSR count). The summed E-state index contributed by atoms with van der Waals surface area (Å²) < 4.78 is 1.10. The van der Waals surface area contributed by atoms with Crippen LogP contribution in [0.25, 0.3) is 11.3 Å². The summed E-state index contributed by atoms with van der Waals surface area (Å²) in [5, 5.41) is 4.01. The molecule has 90 valence electrons. The second kappa shape index (κ2) is 6.03. The molecule has 0 unspecified atom stereocenters. The fourth-order valence-electron chi connectivity index (χ4n) is 1.37. The summed E-state index contributed by atoms with van der Waals surface area (Å²) in [6.07, 6.45) is 0. The molecule has 0 spiro atoms. The highest BCUT2D eigenvalue weighted by molar-refractivity contribution is 9.10. The lowest BCUT2D eigenvalue weighted by molar-refractivity contribution is 1.10. The van der Waals surface area contributed by atoms with Gasteiger partial charge >= 0.3 is 0 Å². The minimum absolute atomic E-state index is 0.662. The van der Waals surface area contributed by atoms with E-state index in [0.717, 1.165) is 15.9 Å². The second-order valence-electron chi connectivity index (χ2n) is 3.99. The van der Waals surface area contributed by atoms with E-state index in [-0.39, 0.29) is 0 Å². The zero-order valence-corrected chi connectivity index (χ0v) is 13.0. The minimum atomic E-state index is 0.662. The van der Waals surface area contributed by atoms with Crippen molar-refractivity contribution < 1.29 is 0 Å². The van der Waals surface area contributed by atoms with E-state index in [0.29, 0.717) is 5.25 Å². The number of benzene rings is 1. The maximum Gasteiger partial charge on any atom is 0.103 e. The predicted octanol–water partition coefficient (Wildman–Crippen LogP) is 5.21. The van der Waals surface area contributed by atoms with Gasteiger partial charge in [0.1, 0.15) is 5.01 Å². The van der Waals surface area contributed by atoms with Crippen LogP contribution in [-0.2, 0) is 5.75 Å². The molecule has 0 radical (unpaired) electrons. The molecular formula is C13H14BrNS2. The smallest absolute Gasteiger partial charge is 0.103 e. The molecule has 17 heavy (non-hydrogen) atoms. The molecule has 0 amide bonds. The highest BCUT2D eigenvalue weighted by Gasteiger charge is 2.05. The van der Waals surface area contributed by atoms with Gasteiger partial charge in [0, 0.05) is 21.2 Å². The summed E-state index contributed by atoms with van der Waals surface area (Å²) in [6.45, 7) is 4.43. The Morgan fingerprint density at radius 3 is 2.65 bits per heavy atom. The lowest BCUT2D eigenvalue weighted by atomic mass is 10.2. The van der Waals surface area contributed by atoms with Crippen molar-refractivity contribution in [2.75, 3.05) is 0 Å². The zero-order valence-electron chi connectivity index (χ0n) is 9.81. The van der Waals surface area contributed by atoms with Gasteiger partial charge in [-0.2, -0.15) is 11.8 Å². The number of hydrogen-bond acceptors (Lipinski definition) is 3. The Kier molecular flexibility index (Phi) is 4.65. The van der Waals surface area contributed by atoms with E-state index in [4.69, 9.17) is 0 Å². The van der Waals surface area contributed by atoms with E-state index < -0.39 is 0 Å². The number of hydrogen-bond donors (Lipinski definition) is 0. The first-order chi connectivity index (χ1) is 8.15. The third-order valence-electron chi connectivity index (χ3n) is 2.23. The van der Waals surface area contributed by atoms with E-state index >= 15 is 0 Å². The molecule has 4 heteroatoms. The Morgan fingerprint density at radius 1 is 1.29 bits per heavy atom. The van der Waals surface area contributed by atoms with Gasteiger partial charge < -0.3 is 0 Å². The molecule has 1 heterocycles. The molecule has 2 aromatic rings. The monoisotopic (exact) mass is 327 g/mol. The highest BCUT2D eigenvalue weighted by Crippen LogP contribution is 2.26. The van der Waals surface area contributed by atoms with Gasteiger partial charge in [0.25, 0.3) is 0 Å². The van der Waals surface area contributed by atoms with Gasteiger partial charge in [0.05, 0.1) is 5.69 Å². The molecule has 0 fully saturated rings. The van der Waals surface area contributed by atoms with E-state index in [1.807, 2.05) is 11.8 Å². The van der Waals surface area contributed by atoms with Gasteiger partial charge in [-0.15, -0.1) is 11.3 Å². The maximum atomic E-state index is 4.66. The largest absolute Gasteiger partial charge is 0.240 e. The van der Waals surface area contributed by atoms with Crippen molar-refractivity contribution in [3.05, 3.63) is 39.1 Å². The molecule has 0 aliphatic heterocycles. The van der Waals surface area contributed by atoms with Crippen molar-refractivity contribution in [1.29, 1.82) is 0 Å². The normalized spacial score (nSPS) is 11.1. The van der Waals surface area contributed by atoms with E-state index in [1.54, 1.807) is 11.3 Å². The molecule has 0 atom stereocenters. The van der Waals surface area contributed by atoms with Crippen LogP contribution >= 0.6 is 39.0 Å². The van der Waals surface area contributed by atoms with E-state index in [9.17, 15) is 0 Å². The van der Waals surface area contributed by atoms with Crippen LogP contribution in [-0.4, -0.2) is 10.2 Å². The van der Waals surface area contributed by atoms with Gasteiger partial charge in [0.15, 0.2) is 0 Å². The molecular weight excluding hydrogens is 314 g/mol. The molecule has 1 aromatic carbocycles. The molecule has 0 aliphatic rings. The number of aromatic nitrogens is 1. The molecule has 1 nitrogen and oxygen atoms in total. The topological polar surface area (TPSA) is 12.9 Å². The third kappa shape index (κ3) is 3.83. The van der Waals surface area contributed by atoms with Gasteiger partial charge in [-0.05, 0) is 17.4 Å². The maximum absolute atomic E-state index is 4.66. The molecule has 0 aliphatic carbocycles. The highest BCUT2D eigenvalue weighted by atomic mass is 79.9.